The van der Waals surface area contributed by atoms with Crippen LogP contribution in [-0.2, 0) is 14.4 Å². The van der Waals surface area contributed by atoms with Crippen LogP contribution in [0.25, 0.3) is 6.08 Å². The molecule has 2 aromatic heterocycles. The molecular formula is C17H14ClN7O5S2. The van der Waals surface area contributed by atoms with Crippen LogP contribution >= 0.6 is 34.3 Å². The molecule has 32 heavy (non-hydrogen) atoms. The average Bonchev–Trinajstić information content (AvgIpc) is 3.39. The van der Waals surface area contributed by atoms with Crippen LogP contribution in [0.5, 0.6) is 0 Å². The summed E-state index contributed by atoms with van der Waals surface area (Å²) in [5, 5.41) is 23.2. The van der Waals surface area contributed by atoms with E-state index >= 15 is 0 Å². The maximum atomic E-state index is 12.7. The van der Waals surface area contributed by atoms with E-state index in [0.717, 1.165) is 16.2 Å². The van der Waals surface area contributed by atoms with E-state index in [4.69, 9.17) is 17.3 Å². The molecule has 0 radical (unpaired) electrons. The van der Waals surface area contributed by atoms with E-state index in [9.17, 15) is 24.4 Å². The second-order valence-electron chi connectivity index (χ2n) is 6.81. The van der Waals surface area contributed by atoms with Gasteiger partial charge in [0.2, 0.25) is 6.04 Å². The number of carboxylic acid groups (broad SMARTS) is 1. The minimum absolute atomic E-state index is 0.0458. The van der Waals surface area contributed by atoms with Gasteiger partial charge in [0, 0.05) is 0 Å². The number of anilines is 1. The first-order valence-corrected chi connectivity index (χ1v) is 11.2. The summed E-state index contributed by atoms with van der Waals surface area (Å²) in [6.45, 7) is 0. The van der Waals surface area contributed by atoms with Crippen molar-refractivity contribution in [1.29, 1.82) is 0 Å². The Morgan fingerprint density at radius 1 is 1.44 bits per heavy atom. The molecule has 166 valence electrons. The second-order valence-corrected chi connectivity index (χ2v) is 9.31. The third-order valence-electron chi connectivity index (χ3n) is 5.02. The number of carbonyl (C=O) groups is 3. The van der Waals surface area contributed by atoms with Gasteiger partial charge in [-0.25, -0.2) is 9.78 Å². The predicted molar refractivity (Wildman–Crippen MR) is 115 cm³/mol. The van der Waals surface area contributed by atoms with Gasteiger partial charge >= 0.3 is 5.97 Å². The Morgan fingerprint density at radius 2 is 2.22 bits per heavy atom. The fourth-order valence-corrected chi connectivity index (χ4v) is 5.05. The van der Waals surface area contributed by atoms with Gasteiger partial charge < -0.3 is 16.2 Å². The van der Waals surface area contributed by atoms with E-state index in [1.54, 1.807) is 17.7 Å². The molecule has 4 heterocycles. The zero-order valence-corrected chi connectivity index (χ0v) is 18.4. The Morgan fingerprint density at radius 3 is 2.81 bits per heavy atom. The zero-order valence-electron chi connectivity index (χ0n) is 16.0. The molecule has 0 aliphatic carbocycles. The molecule has 1 unspecified atom stereocenters. The summed E-state index contributed by atoms with van der Waals surface area (Å²) in [6.07, 6.45) is 4.00. The Hall–Kier alpha value is -3.23. The Labute approximate surface area is 192 Å². The monoisotopic (exact) mass is 495 g/mol. The van der Waals surface area contributed by atoms with E-state index in [0.29, 0.717) is 23.4 Å². The molecular weight excluding hydrogens is 482 g/mol. The Kier molecular flexibility index (Phi) is 5.99. The number of carboxylic acids is 1. The molecule has 0 spiro atoms. The van der Waals surface area contributed by atoms with Gasteiger partial charge in [-0.15, -0.1) is 26.4 Å². The quantitative estimate of drug-likeness (QED) is 0.379. The number of allylic oxidation sites excluding steroid dienone is 2. The summed E-state index contributed by atoms with van der Waals surface area (Å²) in [5.41, 5.74) is 7.30. The third-order valence-corrected chi connectivity index (χ3v) is 6.79. The van der Waals surface area contributed by atoms with Gasteiger partial charge in [-0.2, -0.15) is 0 Å². The minimum atomic E-state index is -1.58. The molecule has 12 nitrogen and oxygen atoms in total. The van der Waals surface area contributed by atoms with E-state index in [2.05, 4.69) is 25.7 Å². The van der Waals surface area contributed by atoms with Crippen LogP contribution in [-0.4, -0.2) is 55.1 Å². The number of nitroso groups, excluding NO2 is 1. The number of nitrogens with zero attached hydrogens (tertiary/aromatic N) is 5. The fraction of sp³-hybridized carbons (Fsp3) is 0.294. The first kappa shape index (κ1) is 22.0. The maximum absolute atomic E-state index is 12.7. The highest BCUT2D eigenvalue weighted by Gasteiger charge is 2.53. The number of carbonyl (C=O) groups excluding carboxylic acids is 2. The molecule has 1 fully saturated rings. The van der Waals surface area contributed by atoms with Crippen molar-refractivity contribution in [1.82, 2.24) is 25.4 Å². The first-order chi connectivity index (χ1) is 15.3. The van der Waals surface area contributed by atoms with Gasteiger partial charge in [-0.05, 0) is 29.7 Å². The number of amides is 2. The topological polar surface area (TPSA) is 181 Å². The smallest absolute Gasteiger partial charge is 0.352 e. The van der Waals surface area contributed by atoms with E-state index < -0.39 is 35.9 Å². The standard InChI is InChI=1S/C17H14ClN7O5S2/c18-13-10(22-17(19)32-13)11(24-30)14(26)21-9-7-3-1-6(2-4-8-23-20-5-31-8)12(16(28)29)25(7)15(9)27/h2,4-5,7,9,11H,1,3H2,(H2,19,22)(H,21,26)(H,28,29)/t7-,9+,11?/m1/s1. The molecule has 0 bridgehead atoms. The number of nitrogen functional groups attached to an aromatic ring is 1. The SMILES string of the molecule is Nc1nc(C(N=O)C(=O)N[C@@H]2C(=O)N3C(C(=O)O)=C(C=Cc4nncs4)CC[C@H]23)c(Cl)s1. The number of hydrogen-bond acceptors (Lipinski definition) is 11. The summed E-state index contributed by atoms with van der Waals surface area (Å²) in [4.78, 5) is 53.5. The normalized spacial score (nSPS) is 21.3. The van der Waals surface area contributed by atoms with E-state index in [1.807, 2.05) is 0 Å². The van der Waals surface area contributed by atoms with Crippen LogP contribution in [0.2, 0.25) is 4.34 Å². The van der Waals surface area contributed by atoms with Gasteiger partial charge in [0.1, 0.15) is 32.3 Å². The molecule has 0 aromatic carbocycles. The van der Waals surface area contributed by atoms with Crippen molar-refractivity contribution in [2.45, 2.75) is 31.0 Å². The lowest BCUT2D eigenvalue weighted by Crippen LogP contribution is -2.71. The predicted octanol–water partition coefficient (Wildman–Crippen LogP) is 1.58. The van der Waals surface area contributed by atoms with Crippen LogP contribution < -0.4 is 11.1 Å². The Balaban J connectivity index is 1.52. The molecule has 2 aliphatic heterocycles. The number of aromatic nitrogens is 3. The molecule has 3 atom stereocenters. The molecule has 2 aromatic rings. The Bertz CT molecular complexity index is 1160. The van der Waals surface area contributed by atoms with E-state index in [1.165, 1.54) is 11.3 Å². The highest BCUT2D eigenvalue weighted by molar-refractivity contribution is 7.19. The molecule has 2 amide bonds. The summed E-state index contributed by atoms with van der Waals surface area (Å²) in [6, 6.07) is -3.15. The number of nitrogens with one attached hydrogen (secondary N) is 1. The molecule has 4 rings (SSSR count). The van der Waals surface area contributed by atoms with Gasteiger partial charge in [0.25, 0.3) is 11.8 Å². The highest BCUT2D eigenvalue weighted by Crippen LogP contribution is 2.38. The zero-order chi connectivity index (χ0) is 23.0. The number of halogens is 1. The molecule has 2 aliphatic rings. The van der Waals surface area contributed by atoms with Gasteiger partial charge in [-0.1, -0.05) is 29.0 Å². The molecule has 0 saturated carbocycles. The van der Waals surface area contributed by atoms with Crippen LogP contribution in [0.3, 0.4) is 0 Å². The molecule has 1 saturated heterocycles. The average molecular weight is 496 g/mol. The minimum Gasteiger partial charge on any atom is -0.477 e. The lowest BCUT2D eigenvalue weighted by Gasteiger charge is -2.50. The lowest BCUT2D eigenvalue weighted by molar-refractivity contribution is -0.156. The highest BCUT2D eigenvalue weighted by atomic mass is 35.5. The van der Waals surface area contributed by atoms with Crippen molar-refractivity contribution >= 4 is 63.3 Å². The number of aliphatic carboxylic acids is 1. The summed E-state index contributed by atoms with van der Waals surface area (Å²) < 4.78 is 0.0458. The first-order valence-electron chi connectivity index (χ1n) is 9.10. The van der Waals surface area contributed by atoms with E-state index in [-0.39, 0.29) is 20.9 Å². The largest absolute Gasteiger partial charge is 0.477 e. The van der Waals surface area contributed by atoms with Gasteiger partial charge in [0.05, 0.1) is 6.04 Å². The van der Waals surface area contributed by atoms with Crippen LogP contribution in [0.4, 0.5) is 5.13 Å². The summed E-state index contributed by atoms with van der Waals surface area (Å²) in [5.74, 6) is -2.73. The van der Waals surface area contributed by atoms with Crippen molar-refractivity contribution in [2.75, 3.05) is 5.73 Å². The number of hydrogen-bond donors (Lipinski definition) is 3. The maximum Gasteiger partial charge on any atom is 0.352 e. The van der Waals surface area contributed by atoms with Crippen LogP contribution in [0, 0.1) is 4.91 Å². The molecule has 15 heteroatoms. The third kappa shape index (κ3) is 3.87. The number of thiazole rings is 1. The van der Waals surface area contributed by atoms with Gasteiger partial charge in [0.15, 0.2) is 5.13 Å². The molecule has 4 N–H and O–H groups in total. The van der Waals surface area contributed by atoms with Crippen molar-refractivity contribution < 1.29 is 19.5 Å². The lowest BCUT2D eigenvalue weighted by atomic mass is 9.83. The second kappa shape index (κ2) is 8.72. The summed E-state index contributed by atoms with van der Waals surface area (Å²) in [7, 11) is 0. The van der Waals surface area contributed by atoms with Crippen molar-refractivity contribution in [3.05, 3.63) is 42.8 Å². The van der Waals surface area contributed by atoms with Crippen LogP contribution in [0.15, 0.2) is 28.0 Å². The van der Waals surface area contributed by atoms with Gasteiger partial charge in [-0.3, -0.25) is 14.5 Å². The summed E-state index contributed by atoms with van der Waals surface area (Å²) >= 11 is 8.13. The number of rotatable bonds is 7. The van der Waals surface area contributed by atoms with Crippen molar-refractivity contribution in [2.24, 2.45) is 5.18 Å². The van der Waals surface area contributed by atoms with Crippen molar-refractivity contribution in [3.63, 3.8) is 0 Å². The number of nitrogens with two attached hydrogens (primary N) is 1. The fourth-order valence-electron chi connectivity index (χ4n) is 3.63. The van der Waals surface area contributed by atoms with Crippen LogP contribution in [0.1, 0.15) is 29.6 Å². The van der Waals surface area contributed by atoms with Crippen molar-refractivity contribution in [3.8, 4) is 0 Å². The number of β-lactam (4-membered cyclic amide) rings is 1. The number of fused-ring (bicyclic) bond motifs is 1.